The Hall–Kier alpha value is -2.71. The summed E-state index contributed by atoms with van der Waals surface area (Å²) in [6.45, 7) is 0. The lowest BCUT2D eigenvalue weighted by atomic mass is 9.86. The zero-order valence-corrected chi connectivity index (χ0v) is 14.3. The van der Waals surface area contributed by atoms with Crippen LogP contribution >= 0.6 is 0 Å². The summed E-state index contributed by atoms with van der Waals surface area (Å²) in [6.07, 6.45) is 6.36. The lowest BCUT2D eigenvalue weighted by Gasteiger charge is -2.38. The number of carbonyl (C=O) groups is 2. The third kappa shape index (κ3) is 2.79. The zero-order chi connectivity index (χ0) is 17.6. The molecule has 0 spiro atoms. The van der Waals surface area contributed by atoms with Crippen molar-refractivity contribution in [1.29, 1.82) is 0 Å². The first-order valence-corrected chi connectivity index (χ1v) is 8.50. The minimum atomic E-state index is -0.359. The van der Waals surface area contributed by atoms with E-state index in [1.54, 1.807) is 29.2 Å². The summed E-state index contributed by atoms with van der Waals surface area (Å²) < 4.78 is 3.63. The molecule has 1 saturated carbocycles. The number of carbonyl (C=O) groups excluding carboxylic acids is 2. The molecule has 9 nitrogen and oxygen atoms in total. The fourth-order valence-corrected chi connectivity index (χ4v) is 3.55. The SMILES string of the molecule is CN1C(=O)CC[C@H](C(=O)Nc2nncn2C2CC2)[C@H]1c1ccnn1C. The van der Waals surface area contributed by atoms with Crippen LogP contribution in [0.15, 0.2) is 18.6 Å². The molecule has 1 saturated heterocycles. The average molecular weight is 343 g/mol. The van der Waals surface area contributed by atoms with Gasteiger partial charge in [0.15, 0.2) is 0 Å². The molecule has 2 aromatic rings. The third-order valence-corrected chi connectivity index (χ3v) is 5.11. The molecule has 2 atom stereocenters. The molecule has 0 unspecified atom stereocenters. The van der Waals surface area contributed by atoms with Crippen LogP contribution in [0.3, 0.4) is 0 Å². The second kappa shape index (κ2) is 5.98. The van der Waals surface area contributed by atoms with Gasteiger partial charge in [-0.3, -0.25) is 24.2 Å². The highest BCUT2D eigenvalue weighted by Crippen LogP contribution is 2.38. The molecular weight excluding hydrogens is 322 g/mol. The van der Waals surface area contributed by atoms with Crippen LogP contribution in [0.4, 0.5) is 5.95 Å². The molecule has 2 fully saturated rings. The van der Waals surface area contributed by atoms with Gasteiger partial charge in [0.05, 0.1) is 17.7 Å². The quantitative estimate of drug-likeness (QED) is 0.889. The maximum absolute atomic E-state index is 13.0. The molecule has 4 rings (SSSR count). The van der Waals surface area contributed by atoms with Crippen molar-refractivity contribution in [3.05, 3.63) is 24.3 Å². The van der Waals surface area contributed by atoms with Gasteiger partial charge in [0.1, 0.15) is 6.33 Å². The number of hydrogen-bond donors (Lipinski definition) is 1. The molecule has 0 aromatic carbocycles. The van der Waals surface area contributed by atoms with Crippen LogP contribution in [0.5, 0.6) is 0 Å². The summed E-state index contributed by atoms with van der Waals surface area (Å²) in [7, 11) is 3.56. The van der Waals surface area contributed by atoms with Crippen molar-refractivity contribution in [1.82, 2.24) is 29.4 Å². The number of rotatable bonds is 4. The summed E-state index contributed by atoms with van der Waals surface area (Å²) >= 11 is 0. The number of anilines is 1. The fourth-order valence-electron chi connectivity index (χ4n) is 3.55. The summed E-state index contributed by atoms with van der Waals surface area (Å²) in [5.41, 5.74) is 0.847. The summed E-state index contributed by atoms with van der Waals surface area (Å²) in [4.78, 5) is 26.8. The molecule has 1 N–H and O–H groups in total. The van der Waals surface area contributed by atoms with Crippen molar-refractivity contribution >= 4 is 17.8 Å². The van der Waals surface area contributed by atoms with Crippen LogP contribution in [0, 0.1) is 5.92 Å². The normalized spacial score (nSPS) is 23.8. The Morgan fingerprint density at radius 2 is 2.08 bits per heavy atom. The van der Waals surface area contributed by atoms with E-state index in [0.717, 1.165) is 18.5 Å². The molecule has 2 aliphatic rings. The second-order valence-electron chi connectivity index (χ2n) is 6.76. The number of nitrogens with zero attached hydrogens (tertiary/aromatic N) is 6. The number of amides is 2. The van der Waals surface area contributed by atoms with Crippen molar-refractivity contribution in [3.63, 3.8) is 0 Å². The van der Waals surface area contributed by atoms with E-state index in [4.69, 9.17) is 0 Å². The van der Waals surface area contributed by atoms with E-state index < -0.39 is 0 Å². The van der Waals surface area contributed by atoms with Gasteiger partial charge in [-0.25, -0.2) is 0 Å². The van der Waals surface area contributed by atoms with Crippen molar-refractivity contribution < 1.29 is 9.59 Å². The van der Waals surface area contributed by atoms with E-state index in [0.29, 0.717) is 24.8 Å². The minimum absolute atomic E-state index is 0.0383. The topological polar surface area (TPSA) is 97.9 Å². The van der Waals surface area contributed by atoms with E-state index in [2.05, 4.69) is 20.6 Å². The van der Waals surface area contributed by atoms with Crippen LogP contribution < -0.4 is 5.32 Å². The van der Waals surface area contributed by atoms with Gasteiger partial charge in [-0.05, 0) is 25.3 Å². The van der Waals surface area contributed by atoms with Gasteiger partial charge in [-0.2, -0.15) is 5.10 Å². The maximum atomic E-state index is 13.0. The highest BCUT2D eigenvalue weighted by molar-refractivity contribution is 5.93. The number of aryl methyl sites for hydroxylation is 1. The number of aromatic nitrogens is 5. The Balaban J connectivity index is 1.60. The molecule has 1 aliphatic heterocycles. The Kier molecular flexibility index (Phi) is 3.78. The molecular formula is C16H21N7O2. The van der Waals surface area contributed by atoms with E-state index in [9.17, 15) is 9.59 Å². The number of hydrogen-bond acceptors (Lipinski definition) is 5. The smallest absolute Gasteiger partial charge is 0.232 e. The summed E-state index contributed by atoms with van der Waals surface area (Å²) in [6, 6.07) is 1.90. The van der Waals surface area contributed by atoms with Crippen LogP contribution in [0.2, 0.25) is 0 Å². The first-order chi connectivity index (χ1) is 12.1. The molecule has 132 valence electrons. The Bertz CT molecular complexity index is 807. The maximum Gasteiger partial charge on any atom is 0.232 e. The highest BCUT2D eigenvalue weighted by Gasteiger charge is 2.40. The first-order valence-electron chi connectivity index (χ1n) is 8.50. The van der Waals surface area contributed by atoms with Crippen molar-refractivity contribution in [3.8, 4) is 0 Å². The Morgan fingerprint density at radius 1 is 1.28 bits per heavy atom. The van der Waals surface area contributed by atoms with Gasteiger partial charge in [0, 0.05) is 32.8 Å². The van der Waals surface area contributed by atoms with Crippen LogP contribution in [-0.4, -0.2) is 48.3 Å². The second-order valence-corrected chi connectivity index (χ2v) is 6.76. The average Bonchev–Trinajstić information content (AvgIpc) is 3.19. The number of piperidine rings is 1. The van der Waals surface area contributed by atoms with Crippen LogP contribution in [0.25, 0.3) is 0 Å². The molecule has 25 heavy (non-hydrogen) atoms. The standard InChI is InChI=1S/C16H21N7O2/c1-21-13(24)6-5-11(14(21)12-7-8-18-22(12)2)15(25)19-16-20-17-9-23(16)10-3-4-10/h7-11,14H,3-6H2,1-2H3,(H,19,20,25)/t11-,14-/m0/s1. The molecule has 9 heteroatoms. The lowest BCUT2D eigenvalue weighted by molar-refractivity contribution is -0.140. The molecule has 2 aromatic heterocycles. The van der Waals surface area contributed by atoms with E-state index in [1.807, 2.05) is 17.7 Å². The van der Waals surface area contributed by atoms with E-state index in [-0.39, 0.29) is 23.8 Å². The van der Waals surface area contributed by atoms with E-state index >= 15 is 0 Å². The van der Waals surface area contributed by atoms with Crippen LogP contribution in [-0.2, 0) is 16.6 Å². The third-order valence-electron chi connectivity index (χ3n) is 5.11. The fraction of sp³-hybridized carbons (Fsp3) is 0.562. The van der Waals surface area contributed by atoms with Crippen molar-refractivity contribution in [2.75, 3.05) is 12.4 Å². The molecule has 2 amide bonds. The van der Waals surface area contributed by atoms with Gasteiger partial charge < -0.3 is 4.90 Å². The number of nitrogens with one attached hydrogen (secondary N) is 1. The molecule has 3 heterocycles. The van der Waals surface area contributed by atoms with Gasteiger partial charge >= 0.3 is 0 Å². The molecule has 0 radical (unpaired) electrons. The van der Waals surface area contributed by atoms with Crippen molar-refractivity contribution in [2.24, 2.45) is 13.0 Å². The van der Waals surface area contributed by atoms with Gasteiger partial charge in [-0.1, -0.05) is 0 Å². The summed E-state index contributed by atoms with van der Waals surface area (Å²) in [5.74, 6) is 0.0232. The molecule has 1 aliphatic carbocycles. The highest BCUT2D eigenvalue weighted by atomic mass is 16.2. The van der Waals surface area contributed by atoms with Gasteiger partial charge in [0.2, 0.25) is 17.8 Å². The van der Waals surface area contributed by atoms with Gasteiger partial charge in [0.25, 0.3) is 0 Å². The Morgan fingerprint density at radius 3 is 2.76 bits per heavy atom. The van der Waals surface area contributed by atoms with Crippen molar-refractivity contribution in [2.45, 2.75) is 37.8 Å². The first kappa shape index (κ1) is 15.8. The molecule has 0 bridgehead atoms. The largest absolute Gasteiger partial charge is 0.336 e. The van der Waals surface area contributed by atoms with Crippen LogP contribution in [0.1, 0.15) is 43.5 Å². The predicted molar refractivity (Wildman–Crippen MR) is 88.4 cm³/mol. The zero-order valence-electron chi connectivity index (χ0n) is 14.3. The lowest BCUT2D eigenvalue weighted by Crippen LogP contribution is -2.45. The Labute approximate surface area is 145 Å². The van der Waals surface area contributed by atoms with Gasteiger partial charge in [-0.15, -0.1) is 10.2 Å². The van der Waals surface area contributed by atoms with E-state index in [1.165, 1.54) is 0 Å². The minimum Gasteiger partial charge on any atom is -0.336 e. The monoisotopic (exact) mass is 343 g/mol. The number of likely N-dealkylation sites (tertiary alicyclic amines) is 1. The predicted octanol–water partition coefficient (Wildman–Crippen LogP) is 0.895. The summed E-state index contributed by atoms with van der Waals surface area (Å²) in [5, 5.41) is 15.0.